The minimum absolute atomic E-state index is 0.104. The van der Waals surface area contributed by atoms with Gasteiger partial charge in [0.05, 0.1) is 5.56 Å². The first-order chi connectivity index (χ1) is 13.6. The molecule has 3 aromatic carbocycles. The lowest BCUT2D eigenvalue weighted by atomic mass is 10.1. The molecule has 0 fully saturated rings. The first kappa shape index (κ1) is 17.9. The van der Waals surface area contributed by atoms with Crippen molar-refractivity contribution in [1.82, 2.24) is 10.1 Å². The van der Waals surface area contributed by atoms with Gasteiger partial charge < -0.3 is 9.26 Å². The summed E-state index contributed by atoms with van der Waals surface area (Å²) in [7, 11) is 0. The summed E-state index contributed by atoms with van der Waals surface area (Å²) in [5.41, 5.74) is 2.57. The fraction of sp³-hybridized carbons (Fsp3) is 0.0909. The van der Waals surface area contributed by atoms with Gasteiger partial charge in [-0.1, -0.05) is 29.4 Å². The zero-order chi connectivity index (χ0) is 19.5. The first-order valence-corrected chi connectivity index (χ1v) is 8.67. The lowest BCUT2D eigenvalue weighted by Gasteiger charge is -2.08. The lowest BCUT2D eigenvalue weighted by Crippen LogP contribution is -2.01. The van der Waals surface area contributed by atoms with Crippen LogP contribution >= 0.6 is 0 Å². The maximum atomic E-state index is 13.7. The van der Waals surface area contributed by atoms with Gasteiger partial charge in [0.25, 0.3) is 5.89 Å². The Bertz CT molecular complexity index is 1090. The van der Waals surface area contributed by atoms with Crippen molar-refractivity contribution in [2.75, 3.05) is 0 Å². The zero-order valence-electron chi connectivity index (χ0n) is 15.0. The second kappa shape index (κ2) is 7.60. The smallest absolute Gasteiger partial charge is 0.258 e. The molecule has 0 radical (unpaired) electrons. The van der Waals surface area contributed by atoms with Crippen LogP contribution in [-0.4, -0.2) is 10.1 Å². The summed E-state index contributed by atoms with van der Waals surface area (Å²) in [6, 6.07) is 18.4. The van der Waals surface area contributed by atoms with Gasteiger partial charge in [0, 0.05) is 11.1 Å². The highest BCUT2D eigenvalue weighted by Gasteiger charge is 2.13. The number of aryl methyl sites for hydroxylation is 1. The Morgan fingerprint density at radius 1 is 0.893 bits per heavy atom. The van der Waals surface area contributed by atoms with Crippen LogP contribution in [0.2, 0.25) is 0 Å². The number of benzene rings is 3. The molecule has 0 saturated carbocycles. The van der Waals surface area contributed by atoms with E-state index in [4.69, 9.17) is 9.26 Å². The van der Waals surface area contributed by atoms with Crippen LogP contribution in [0.15, 0.2) is 71.3 Å². The summed E-state index contributed by atoms with van der Waals surface area (Å²) in [5, 5.41) is 4.02. The van der Waals surface area contributed by atoms with Crippen LogP contribution in [0.5, 0.6) is 5.75 Å². The summed E-state index contributed by atoms with van der Waals surface area (Å²) >= 11 is 0. The number of hydrogen-bond acceptors (Lipinski definition) is 4. The molecule has 4 aromatic rings. The van der Waals surface area contributed by atoms with Crippen LogP contribution < -0.4 is 4.74 Å². The Labute approximate surface area is 160 Å². The van der Waals surface area contributed by atoms with Crippen LogP contribution in [0.25, 0.3) is 22.8 Å². The van der Waals surface area contributed by atoms with Gasteiger partial charge in [0.2, 0.25) is 5.82 Å². The van der Waals surface area contributed by atoms with Crippen molar-refractivity contribution in [3.63, 3.8) is 0 Å². The maximum absolute atomic E-state index is 13.7. The van der Waals surface area contributed by atoms with E-state index in [1.165, 1.54) is 18.2 Å². The average Bonchev–Trinajstić information content (AvgIpc) is 3.18. The zero-order valence-corrected chi connectivity index (χ0v) is 15.0. The summed E-state index contributed by atoms with van der Waals surface area (Å²) < 4.78 is 38.2. The van der Waals surface area contributed by atoms with Gasteiger partial charge in [0.1, 0.15) is 24.0 Å². The van der Waals surface area contributed by atoms with Gasteiger partial charge in [-0.2, -0.15) is 4.98 Å². The highest BCUT2D eigenvalue weighted by molar-refractivity contribution is 5.62. The monoisotopic (exact) mass is 378 g/mol. The van der Waals surface area contributed by atoms with E-state index < -0.39 is 11.6 Å². The fourth-order valence-corrected chi connectivity index (χ4v) is 2.79. The van der Waals surface area contributed by atoms with E-state index in [1.807, 2.05) is 31.2 Å². The van der Waals surface area contributed by atoms with Crippen molar-refractivity contribution in [3.8, 4) is 28.6 Å². The van der Waals surface area contributed by atoms with E-state index in [9.17, 15) is 8.78 Å². The van der Waals surface area contributed by atoms with E-state index in [2.05, 4.69) is 10.1 Å². The SMILES string of the molecule is Cc1ccccc1-c1nc(-c2ccc(OCc3c(F)cccc3F)cc2)no1. The van der Waals surface area contributed by atoms with E-state index in [-0.39, 0.29) is 12.2 Å². The molecule has 0 unspecified atom stereocenters. The Hall–Kier alpha value is -3.54. The van der Waals surface area contributed by atoms with Crippen LogP contribution in [0.4, 0.5) is 8.78 Å². The minimum atomic E-state index is -0.632. The molecule has 0 N–H and O–H groups in total. The molecule has 28 heavy (non-hydrogen) atoms. The molecule has 4 nitrogen and oxygen atoms in total. The van der Waals surface area contributed by atoms with Crippen molar-refractivity contribution in [2.24, 2.45) is 0 Å². The van der Waals surface area contributed by atoms with Crippen molar-refractivity contribution >= 4 is 0 Å². The predicted molar refractivity (Wildman–Crippen MR) is 101 cm³/mol. The molecule has 1 heterocycles. The van der Waals surface area contributed by atoms with Crippen molar-refractivity contribution in [1.29, 1.82) is 0 Å². The number of aromatic nitrogens is 2. The molecule has 0 amide bonds. The highest BCUT2D eigenvalue weighted by Crippen LogP contribution is 2.26. The average molecular weight is 378 g/mol. The molecule has 4 rings (SSSR count). The molecule has 140 valence electrons. The second-order valence-electron chi connectivity index (χ2n) is 6.25. The largest absolute Gasteiger partial charge is 0.489 e. The molecule has 0 saturated heterocycles. The molecular formula is C22H16F2N2O2. The summed E-state index contributed by atoms with van der Waals surface area (Å²) in [5.74, 6) is 0.113. The standard InChI is InChI=1S/C22H16F2N2O2/c1-14-5-2-3-6-17(14)22-25-21(26-28-22)15-9-11-16(12-10-15)27-13-18-19(23)7-4-8-20(18)24/h2-12H,13H2,1H3. The molecule has 0 aliphatic carbocycles. The van der Waals surface area contributed by atoms with Gasteiger partial charge in [0.15, 0.2) is 0 Å². The van der Waals surface area contributed by atoms with Crippen LogP contribution in [-0.2, 0) is 6.61 Å². The molecule has 0 spiro atoms. The normalized spacial score (nSPS) is 10.8. The lowest BCUT2D eigenvalue weighted by molar-refractivity contribution is 0.292. The van der Waals surface area contributed by atoms with Crippen LogP contribution in [0.3, 0.4) is 0 Å². The third kappa shape index (κ3) is 3.62. The van der Waals surface area contributed by atoms with Gasteiger partial charge in [-0.25, -0.2) is 8.78 Å². The third-order valence-electron chi connectivity index (χ3n) is 4.36. The Balaban J connectivity index is 1.49. The predicted octanol–water partition coefficient (Wildman–Crippen LogP) is 5.57. The first-order valence-electron chi connectivity index (χ1n) is 8.67. The van der Waals surface area contributed by atoms with E-state index in [0.717, 1.165) is 16.7 Å². The molecule has 0 atom stereocenters. The molecule has 6 heteroatoms. The summed E-state index contributed by atoms with van der Waals surface area (Å²) in [6.07, 6.45) is 0. The number of rotatable bonds is 5. The Kier molecular flexibility index (Phi) is 4.85. The van der Waals surface area contributed by atoms with Gasteiger partial charge in [-0.3, -0.25) is 0 Å². The highest BCUT2D eigenvalue weighted by atomic mass is 19.1. The van der Waals surface area contributed by atoms with Crippen molar-refractivity contribution in [2.45, 2.75) is 13.5 Å². The summed E-state index contributed by atoms with van der Waals surface area (Å²) in [6.45, 7) is 1.78. The van der Waals surface area contributed by atoms with Gasteiger partial charge >= 0.3 is 0 Å². The quantitative estimate of drug-likeness (QED) is 0.456. The summed E-state index contributed by atoms with van der Waals surface area (Å²) in [4.78, 5) is 4.44. The molecular weight excluding hydrogens is 362 g/mol. The van der Waals surface area contributed by atoms with E-state index in [1.54, 1.807) is 24.3 Å². The Morgan fingerprint density at radius 2 is 1.61 bits per heavy atom. The number of hydrogen-bond donors (Lipinski definition) is 0. The minimum Gasteiger partial charge on any atom is -0.489 e. The van der Waals surface area contributed by atoms with Gasteiger partial charge in [-0.15, -0.1) is 0 Å². The third-order valence-corrected chi connectivity index (χ3v) is 4.36. The fourth-order valence-electron chi connectivity index (χ4n) is 2.79. The maximum Gasteiger partial charge on any atom is 0.258 e. The Morgan fingerprint density at radius 3 is 2.32 bits per heavy atom. The van der Waals surface area contributed by atoms with Gasteiger partial charge in [-0.05, 0) is 55.0 Å². The topological polar surface area (TPSA) is 48.2 Å². The number of ether oxygens (including phenoxy) is 1. The molecule has 0 aliphatic heterocycles. The second-order valence-corrected chi connectivity index (χ2v) is 6.25. The van der Waals surface area contributed by atoms with E-state index in [0.29, 0.717) is 17.5 Å². The van der Waals surface area contributed by atoms with Crippen LogP contribution in [0, 0.1) is 18.6 Å². The van der Waals surface area contributed by atoms with E-state index >= 15 is 0 Å². The van der Waals surface area contributed by atoms with Crippen molar-refractivity contribution in [3.05, 3.63) is 89.5 Å². The van der Waals surface area contributed by atoms with Crippen LogP contribution in [0.1, 0.15) is 11.1 Å². The van der Waals surface area contributed by atoms with Crippen molar-refractivity contribution < 1.29 is 18.0 Å². The number of nitrogens with zero attached hydrogens (tertiary/aromatic N) is 2. The molecule has 0 aliphatic rings. The molecule has 0 bridgehead atoms. The number of halogens is 2. The molecule has 1 aromatic heterocycles.